The van der Waals surface area contributed by atoms with Crippen LogP contribution in [0.25, 0.3) is 6.08 Å². The molecule has 2 aromatic rings. The number of fused-ring (bicyclic) bond motifs is 1. The van der Waals surface area contributed by atoms with Gasteiger partial charge in [0.1, 0.15) is 5.00 Å². The van der Waals surface area contributed by atoms with E-state index in [-0.39, 0.29) is 17.3 Å². The van der Waals surface area contributed by atoms with Gasteiger partial charge < -0.3 is 10.1 Å². The molecular weight excluding hydrogens is 394 g/mol. The maximum Gasteiger partial charge on any atom is 0.341 e. The van der Waals surface area contributed by atoms with E-state index in [1.54, 1.807) is 6.08 Å². The molecule has 3 rings (SSSR count). The summed E-state index contributed by atoms with van der Waals surface area (Å²) in [6, 6.07) is 8.21. The van der Waals surface area contributed by atoms with Gasteiger partial charge in [0.2, 0.25) is 5.91 Å². The van der Waals surface area contributed by atoms with Crippen LogP contribution in [0.15, 0.2) is 30.3 Å². The second kappa shape index (κ2) is 9.61. The van der Waals surface area contributed by atoms with E-state index in [2.05, 4.69) is 38.2 Å². The van der Waals surface area contributed by atoms with E-state index in [4.69, 9.17) is 4.74 Å². The molecule has 0 radical (unpaired) electrons. The number of amides is 1. The van der Waals surface area contributed by atoms with Crippen LogP contribution < -0.4 is 5.32 Å². The van der Waals surface area contributed by atoms with Gasteiger partial charge in [-0.3, -0.25) is 4.79 Å². The number of esters is 1. The number of hydrogen-bond donors (Lipinski definition) is 1. The Balaban J connectivity index is 1.75. The highest BCUT2D eigenvalue weighted by atomic mass is 32.1. The number of anilines is 1. The fraction of sp³-hybridized carbons (Fsp3) is 0.440. The van der Waals surface area contributed by atoms with Crippen LogP contribution in [0.5, 0.6) is 0 Å². The molecule has 0 fully saturated rings. The lowest BCUT2D eigenvalue weighted by Crippen LogP contribution is -2.14. The number of rotatable bonds is 6. The van der Waals surface area contributed by atoms with Gasteiger partial charge in [-0.15, -0.1) is 11.3 Å². The summed E-state index contributed by atoms with van der Waals surface area (Å²) in [5.41, 5.74) is 3.93. The lowest BCUT2D eigenvalue weighted by Gasteiger charge is -2.18. The third-order valence-corrected chi connectivity index (χ3v) is 6.46. The number of ether oxygens (including phenoxy) is 1. The monoisotopic (exact) mass is 425 g/mol. The van der Waals surface area contributed by atoms with Crippen molar-refractivity contribution in [1.29, 1.82) is 0 Å². The molecule has 1 aromatic carbocycles. The molecule has 1 aliphatic rings. The maximum absolute atomic E-state index is 12.6. The topological polar surface area (TPSA) is 55.4 Å². The molecule has 0 saturated carbocycles. The Kier molecular flexibility index (Phi) is 7.14. The van der Waals surface area contributed by atoms with Crippen LogP contribution in [0.1, 0.15) is 78.9 Å². The van der Waals surface area contributed by atoms with Crippen molar-refractivity contribution in [3.63, 3.8) is 0 Å². The van der Waals surface area contributed by atoms with Gasteiger partial charge in [0, 0.05) is 11.0 Å². The molecule has 0 spiro atoms. The second-order valence-corrected chi connectivity index (χ2v) is 9.85. The average molecular weight is 426 g/mol. The Labute approximate surface area is 183 Å². The van der Waals surface area contributed by atoms with Gasteiger partial charge in [-0.25, -0.2) is 4.79 Å². The largest absolute Gasteiger partial charge is 0.462 e. The van der Waals surface area contributed by atoms with Crippen molar-refractivity contribution in [2.45, 2.75) is 65.2 Å². The van der Waals surface area contributed by atoms with Crippen molar-refractivity contribution in [3.8, 4) is 0 Å². The number of benzene rings is 1. The van der Waals surface area contributed by atoms with Crippen LogP contribution >= 0.6 is 11.3 Å². The fourth-order valence-electron chi connectivity index (χ4n) is 3.56. The van der Waals surface area contributed by atoms with E-state index < -0.39 is 0 Å². The van der Waals surface area contributed by atoms with Crippen LogP contribution in [0.4, 0.5) is 5.00 Å². The van der Waals surface area contributed by atoms with E-state index in [0.717, 1.165) is 43.2 Å². The SMILES string of the molecule is CCCOC(=O)c1c(NC(=O)/C=C/c2ccc(C(C)(C)C)cc2)sc2c1CCCC2. The van der Waals surface area contributed by atoms with Crippen LogP contribution in [0.3, 0.4) is 0 Å². The van der Waals surface area contributed by atoms with Crippen LogP contribution in [0.2, 0.25) is 0 Å². The van der Waals surface area contributed by atoms with Gasteiger partial charge in [0.15, 0.2) is 0 Å². The molecule has 0 bridgehead atoms. The molecule has 30 heavy (non-hydrogen) atoms. The first-order valence-corrected chi connectivity index (χ1v) is 11.5. The Bertz CT molecular complexity index is 933. The molecule has 0 aliphatic heterocycles. The Morgan fingerprint density at radius 2 is 1.83 bits per heavy atom. The fourth-order valence-corrected chi connectivity index (χ4v) is 4.84. The van der Waals surface area contributed by atoms with E-state index in [1.807, 2.05) is 19.1 Å². The van der Waals surface area contributed by atoms with Crippen molar-refractivity contribution in [1.82, 2.24) is 0 Å². The minimum absolute atomic E-state index is 0.0979. The number of thiophene rings is 1. The number of carbonyl (C=O) groups excluding carboxylic acids is 2. The highest BCUT2D eigenvalue weighted by Crippen LogP contribution is 2.38. The third-order valence-electron chi connectivity index (χ3n) is 5.25. The van der Waals surface area contributed by atoms with E-state index in [1.165, 1.54) is 27.9 Å². The predicted molar refractivity (Wildman–Crippen MR) is 124 cm³/mol. The zero-order valence-electron chi connectivity index (χ0n) is 18.3. The first kappa shape index (κ1) is 22.3. The second-order valence-electron chi connectivity index (χ2n) is 8.75. The summed E-state index contributed by atoms with van der Waals surface area (Å²) in [5, 5.41) is 3.53. The Morgan fingerprint density at radius 3 is 2.50 bits per heavy atom. The molecule has 0 atom stereocenters. The van der Waals surface area contributed by atoms with Gasteiger partial charge in [0.25, 0.3) is 0 Å². The number of hydrogen-bond acceptors (Lipinski definition) is 4. The van der Waals surface area contributed by atoms with E-state index in [9.17, 15) is 9.59 Å². The summed E-state index contributed by atoms with van der Waals surface area (Å²) in [6.45, 7) is 8.89. The normalized spacial score (nSPS) is 13.9. The van der Waals surface area contributed by atoms with Crippen molar-refractivity contribution in [2.75, 3.05) is 11.9 Å². The third kappa shape index (κ3) is 5.39. The molecule has 1 aliphatic carbocycles. The smallest absolute Gasteiger partial charge is 0.341 e. The van der Waals surface area contributed by atoms with Crippen molar-refractivity contribution >= 4 is 34.3 Å². The first-order chi connectivity index (χ1) is 14.3. The zero-order valence-corrected chi connectivity index (χ0v) is 19.2. The minimum Gasteiger partial charge on any atom is -0.462 e. The van der Waals surface area contributed by atoms with Crippen molar-refractivity contribution < 1.29 is 14.3 Å². The summed E-state index contributed by atoms with van der Waals surface area (Å²) >= 11 is 1.51. The Hall–Kier alpha value is -2.40. The first-order valence-electron chi connectivity index (χ1n) is 10.7. The van der Waals surface area contributed by atoms with Gasteiger partial charge in [-0.05, 0) is 60.3 Å². The van der Waals surface area contributed by atoms with Gasteiger partial charge in [-0.2, -0.15) is 0 Å². The minimum atomic E-state index is -0.326. The molecule has 1 heterocycles. The van der Waals surface area contributed by atoms with Crippen LogP contribution in [-0.2, 0) is 27.8 Å². The lowest BCUT2D eigenvalue weighted by atomic mass is 9.87. The number of nitrogens with one attached hydrogen (secondary N) is 1. The lowest BCUT2D eigenvalue weighted by molar-refractivity contribution is -0.111. The van der Waals surface area contributed by atoms with Gasteiger partial charge in [-0.1, -0.05) is 52.0 Å². The predicted octanol–water partition coefficient (Wildman–Crippen LogP) is 6.14. The summed E-state index contributed by atoms with van der Waals surface area (Å²) in [7, 11) is 0. The molecule has 1 amide bonds. The van der Waals surface area contributed by atoms with Crippen LogP contribution in [0, 0.1) is 0 Å². The van der Waals surface area contributed by atoms with Crippen molar-refractivity contribution in [2.24, 2.45) is 0 Å². The molecule has 0 saturated heterocycles. The summed E-state index contributed by atoms with van der Waals surface area (Å²) in [4.78, 5) is 26.4. The summed E-state index contributed by atoms with van der Waals surface area (Å²) in [6.07, 6.45) is 8.10. The maximum atomic E-state index is 12.6. The van der Waals surface area contributed by atoms with Crippen molar-refractivity contribution in [3.05, 3.63) is 57.5 Å². The number of aryl methyl sites for hydroxylation is 1. The summed E-state index contributed by atoms with van der Waals surface area (Å²) < 4.78 is 5.39. The molecule has 1 aromatic heterocycles. The van der Waals surface area contributed by atoms with Gasteiger partial charge in [0.05, 0.1) is 12.2 Å². The zero-order chi connectivity index (χ0) is 21.7. The van der Waals surface area contributed by atoms with Crippen LogP contribution in [-0.4, -0.2) is 18.5 Å². The van der Waals surface area contributed by atoms with Gasteiger partial charge >= 0.3 is 5.97 Å². The quantitative estimate of drug-likeness (QED) is 0.446. The standard InChI is InChI=1S/C25H31NO3S/c1-5-16-29-24(28)22-19-8-6-7-9-20(19)30-23(22)26-21(27)15-12-17-10-13-18(14-11-17)25(2,3)4/h10-15H,5-9,16H2,1-4H3,(H,26,27)/b15-12+. The Morgan fingerprint density at radius 1 is 1.13 bits per heavy atom. The average Bonchev–Trinajstić information content (AvgIpc) is 3.08. The van der Waals surface area contributed by atoms with E-state index >= 15 is 0 Å². The number of carbonyl (C=O) groups is 2. The highest BCUT2D eigenvalue weighted by Gasteiger charge is 2.27. The summed E-state index contributed by atoms with van der Waals surface area (Å²) in [5.74, 6) is -0.564. The molecular formula is C25H31NO3S. The molecule has 0 unspecified atom stereocenters. The molecule has 5 heteroatoms. The molecule has 160 valence electrons. The molecule has 4 nitrogen and oxygen atoms in total. The van der Waals surface area contributed by atoms with E-state index in [0.29, 0.717) is 17.2 Å². The molecule has 1 N–H and O–H groups in total. The highest BCUT2D eigenvalue weighted by molar-refractivity contribution is 7.17.